The molecule has 0 unspecified atom stereocenters. The predicted molar refractivity (Wildman–Crippen MR) is 27.1 cm³/mol. The second-order valence-corrected chi connectivity index (χ2v) is 2.23. The van der Waals surface area contributed by atoms with E-state index in [2.05, 4.69) is 0 Å². The molecule has 0 aliphatic rings. The van der Waals surface area contributed by atoms with Crippen molar-refractivity contribution in [1.29, 1.82) is 0 Å². The Morgan fingerprint density at radius 3 is 1.00 bits per heavy atom. The molecule has 0 fully saturated rings. The van der Waals surface area contributed by atoms with E-state index in [1.807, 2.05) is 0 Å². The minimum Gasteiger partial charge on any atom is -0.0874 e. The maximum absolute atomic E-state index is 4.81. The smallest absolute Gasteiger partial charge is 0.0874 e. The molecule has 0 spiro atoms. The summed E-state index contributed by atoms with van der Waals surface area (Å²) in [5.74, 6) is 0. The molecule has 0 saturated heterocycles. The fourth-order valence-corrected chi connectivity index (χ4v) is 0. The normalized spacial score (nSPS) is 7.20. The van der Waals surface area contributed by atoms with Crippen LogP contribution in [0.5, 0.6) is 0 Å². The van der Waals surface area contributed by atoms with Crippen LogP contribution < -0.4 is 0 Å². The third kappa shape index (κ3) is 23.0. The van der Waals surface area contributed by atoms with Crippen LogP contribution in [-0.2, 0) is 0 Å². The Kier molecular flexibility index (Phi) is 12.5. The second kappa shape index (κ2) is 6.13. The molecule has 0 atom stereocenters. The van der Waals surface area contributed by atoms with Crippen molar-refractivity contribution in [2.24, 2.45) is 0 Å². The van der Waals surface area contributed by atoms with Gasteiger partial charge in [0.05, 0.1) is 0 Å². The number of alkyl halides is 3. The van der Waals surface area contributed by atoms with Crippen molar-refractivity contribution in [2.45, 2.75) is 4.30 Å². The van der Waals surface area contributed by atoms with Gasteiger partial charge in [0.2, 0.25) is 0 Å². The average Bonchev–Trinajstić information content (AvgIpc) is 0.811. The molecule has 0 saturated carbocycles. The van der Waals surface area contributed by atoms with E-state index in [4.69, 9.17) is 34.8 Å². The number of halogens is 3. The summed E-state index contributed by atoms with van der Waals surface area (Å²) in [5.41, 5.74) is 0. The molecule has 0 aliphatic carbocycles. The van der Waals surface area contributed by atoms with Crippen LogP contribution in [0.3, 0.4) is 0 Å². The van der Waals surface area contributed by atoms with E-state index in [1.165, 1.54) is 0 Å². The minimum absolute atomic E-state index is 0. The zero-order valence-corrected chi connectivity index (χ0v) is 6.89. The van der Waals surface area contributed by atoms with Gasteiger partial charge in [0.15, 0.2) is 4.30 Å². The fraction of sp³-hybridized carbons (Fsp3) is 1.00. The van der Waals surface area contributed by atoms with Crippen LogP contribution in [-0.4, -0.2) is 42.0 Å². The molecule has 28 valence electrons. The third-order valence-corrected chi connectivity index (χ3v) is 0. The fourth-order valence-electron chi connectivity index (χ4n) is 0. The molecular weight excluding hydrogens is 158 g/mol. The molecule has 0 N–H and O–H groups in total. The number of hydrogen-bond acceptors (Lipinski definition) is 0. The van der Waals surface area contributed by atoms with E-state index in [1.54, 1.807) is 0 Å². The molecule has 4 heteroatoms. The summed E-state index contributed by atoms with van der Waals surface area (Å²) >= 11 is 14.4. The van der Waals surface area contributed by atoms with Crippen molar-refractivity contribution in [3.63, 3.8) is 0 Å². The molecule has 0 bridgehead atoms. The Hall–Kier alpha value is 2.13. The summed E-state index contributed by atoms with van der Waals surface area (Å²) in [4.78, 5) is 0. The average molecular weight is 159 g/mol. The van der Waals surface area contributed by atoms with Gasteiger partial charge in [-0.05, 0) is 0 Å². The van der Waals surface area contributed by atoms with Crippen molar-refractivity contribution < 1.29 is 0 Å². The summed E-state index contributed by atoms with van der Waals surface area (Å²) in [5, 5.41) is 0. The second-order valence-electron chi connectivity index (χ2n) is 0.247. The van der Waals surface area contributed by atoms with Crippen LogP contribution in [0.4, 0.5) is 0 Å². The van der Waals surface area contributed by atoms with Gasteiger partial charge in [-0.2, -0.15) is 0 Å². The molecule has 0 aliphatic heterocycles. The molecule has 2 radical (unpaired) electrons. The van der Waals surface area contributed by atoms with Gasteiger partial charge in [0.25, 0.3) is 0 Å². The Balaban J connectivity index is 0. The van der Waals surface area contributed by atoms with Crippen LogP contribution in [0.25, 0.3) is 0 Å². The number of rotatable bonds is 0. The van der Waals surface area contributed by atoms with Crippen molar-refractivity contribution in [1.82, 2.24) is 0 Å². The van der Waals surface area contributed by atoms with Gasteiger partial charge >= 0.3 is 0 Å². The maximum Gasteiger partial charge on any atom is 0.180 e. The van der Waals surface area contributed by atoms with Crippen LogP contribution in [0.2, 0.25) is 0 Å². The molecule has 0 rings (SSSR count). The monoisotopic (exact) mass is 158 g/mol. The molecule has 5 heavy (non-hydrogen) atoms. The van der Waals surface area contributed by atoms with Gasteiger partial charge in [-0.3, -0.25) is 0 Å². The summed E-state index contributed by atoms with van der Waals surface area (Å²) in [6, 6.07) is 0. The van der Waals surface area contributed by atoms with E-state index in [0.29, 0.717) is 0 Å². The summed E-state index contributed by atoms with van der Waals surface area (Å²) in [6.45, 7) is 0. The SMILES string of the molecule is ClC(Cl)Cl.[Ca]. The first-order valence-corrected chi connectivity index (χ1v) is 1.96. The van der Waals surface area contributed by atoms with Crippen LogP contribution in [0, 0.1) is 0 Å². The van der Waals surface area contributed by atoms with E-state index in [-0.39, 0.29) is 37.7 Å². The third-order valence-electron chi connectivity index (χ3n) is 0. The van der Waals surface area contributed by atoms with E-state index in [0.717, 1.165) is 0 Å². The van der Waals surface area contributed by atoms with E-state index < -0.39 is 4.30 Å². The minimum atomic E-state index is -0.750. The zero-order valence-electron chi connectivity index (χ0n) is 2.42. The molecule has 0 nitrogen and oxygen atoms in total. The van der Waals surface area contributed by atoms with Gasteiger partial charge in [-0.25, -0.2) is 0 Å². The summed E-state index contributed by atoms with van der Waals surface area (Å²) in [7, 11) is 0. The van der Waals surface area contributed by atoms with Crippen molar-refractivity contribution in [2.75, 3.05) is 0 Å². The van der Waals surface area contributed by atoms with Gasteiger partial charge in [0, 0.05) is 37.7 Å². The maximum atomic E-state index is 4.81. The number of hydrogen-bond donors (Lipinski definition) is 0. The topological polar surface area (TPSA) is 0 Å². The summed E-state index contributed by atoms with van der Waals surface area (Å²) < 4.78 is -0.750. The largest absolute Gasteiger partial charge is 0.180 e. The molecule has 0 heterocycles. The van der Waals surface area contributed by atoms with Crippen molar-refractivity contribution in [3.8, 4) is 0 Å². The van der Waals surface area contributed by atoms with Gasteiger partial charge in [-0.15, -0.1) is 0 Å². The molecular formula is CHCaCl3. The van der Waals surface area contributed by atoms with Gasteiger partial charge in [0.1, 0.15) is 0 Å². The summed E-state index contributed by atoms with van der Waals surface area (Å²) in [6.07, 6.45) is 0. The first kappa shape index (κ1) is 10.2. The first-order valence-electron chi connectivity index (χ1n) is 0.655. The van der Waals surface area contributed by atoms with Gasteiger partial charge < -0.3 is 0 Å². The van der Waals surface area contributed by atoms with Crippen LogP contribution in [0.15, 0.2) is 0 Å². The molecule has 0 amide bonds. The molecule has 0 aromatic heterocycles. The van der Waals surface area contributed by atoms with Gasteiger partial charge in [-0.1, -0.05) is 34.8 Å². The Labute approximate surface area is 75.8 Å². The van der Waals surface area contributed by atoms with Crippen molar-refractivity contribution >= 4 is 72.5 Å². The van der Waals surface area contributed by atoms with E-state index >= 15 is 0 Å². The predicted octanol–water partition coefficient (Wildman–Crippen LogP) is 1.61. The van der Waals surface area contributed by atoms with Crippen molar-refractivity contribution in [3.05, 3.63) is 0 Å². The molecule has 0 aromatic carbocycles. The first-order chi connectivity index (χ1) is 1.73. The molecule has 0 aromatic rings. The standard InChI is InChI=1S/CHCl3.Ca/c2-1(3)4;/h1H;. The quantitative estimate of drug-likeness (QED) is 0.372. The van der Waals surface area contributed by atoms with E-state index in [9.17, 15) is 0 Å². The van der Waals surface area contributed by atoms with Crippen LogP contribution >= 0.6 is 34.8 Å². The Bertz CT molecular complexity index is 11.6. The zero-order chi connectivity index (χ0) is 3.58. The Morgan fingerprint density at radius 1 is 1.00 bits per heavy atom. The van der Waals surface area contributed by atoms with Crippen LogP contribution in [0.1, 0.15) is 0 Å². The Morgan fingerprint density at radius 2 is 1.00 bits per heavy atom.